The number of amides is 1. The predicted molar refractivity (Wildman–Crippen MR) is 77.1 cm³/mol. The van der Waals surface area contributed by atoms with Gasteiger partial charge in [-0.05, 0) is 37.3 Å². The fourth-order valence-electron chi connectivity index (χ4n) is 2.93. The number of para-hydroxylation sites is 1. The second-order valence-corrected chi connectivity index (χ2v) is 5.81. The van der Waals surface area contributed by atoms with Gasteiger partial charge < -0.3 is 10.2 Å². The van der Waals surface area contributed by atoms with Gasteiger partial charge in [0.25, 0.3) is 0 Å². The number of hydrogen-bond donors (Lipinski definition) is 1. The third-order valence-corrected chi connectivity index (χ3v) is 4.45. The molecule has 0 aromatic heterocycles. The average Bonchev–Trinajstić information content (AvgIpc) is 2.84. The van der Waals surface area contributed by atoms with Crippen molar-refractivity contribution in [3.8, 4) is 0 Å². The molecule has 3 heteroatoms. The molecule has 3 rings (SSSR count). The minimum Gasteiger partial charge on any atom is -0.371 e. The van der Waals surface area contributed by atoms with Gasteiger partial charge in [-0.1, -0.05) is 24.6 Å². The second-order valence-electron chi connectivity index (χ2n) is 5.81. The maximum Gasteiger partial charge on any atom is 0.223 e. The van der Waals surface area contributed by atoms with Crippen LogP contribution in [0.15, 0.2) is 30.3 Å². The van der Waals surface area contributed by atoms with Crippen LogP contribution in [-0.2, 0) is 4.79 Å². The minimum absolute atomic E-state index is 0.282. The molecule has 3 nitrogen and oxygen atoms in total. The number of hydrogen-bond acceptors (Lipinski definition) is 2. The van der Waals surface area contributed by atoms with Crippen LogP contribution < -0.4 is 10.2 Å². The highest BCUT2D eigenvalue weighted by Crippen LogP contribution is 2.27. The Balaban J connectivity index is 1.45. The molecule has 2 fully saturated rings. The van der Waals surface area contributed by atoms with Crippen molar-refractivity contribution in [2.45, 2.75) is 25.7 Å². The van der Waals surface area contributed by atoms with E-state index in [-0.39, 0.29) is 5.91 Å². The molecule has 1 atom stereocenters. The van der Waals surface area contributed by atoms with Crippen LogP contribution in [0.25, 0.3) is 0 Å². The summed E-state index contributed by atoms with van der Waals surface area (Å²) >= 11 is 0. The molecule has 102 valence electrons. The lowest BCUT2D eigenvalue weighted by molar-refractivity contribution is -0.127. The van der Waals surface area contributed by atoms with E-state index in [1.165, 1.54) is 18.5 Å². The first-order valence-corrected chi connectivity index (χ1v) is 7.40. The van der Waals surface area contributed by atoms with Crippen LogP contribution in [0, 0.1) is 11.8 Å². The maximum absolute atomic E-state index is 11.8. The highest BCUT2D eigenvalue weighted by molar-refractivity contribution is 5.79. The van der Waals surface area contributed by atoms with Crippen LogP contribution in [0.2, 0.25) is 0 Å². The van der Waals surface area contributed by atoms with Crippen molar-refractivity contribution in [3.63, 3.8) is 0 Å². The third kappa shape index (κ3) is 2.91. The monoisotopic (exact) mass is 258 g/mol. The molecule has 0 bridgehead atoms. The van der Waals surface area contributed by atoms with Gasteiger partial charge in [0.1, 0.15) is 0 Å². The summed E-state index contributed by atoms with van der Waals surface area (Å²) in [5.41, 5.74) is 1.30. The molecule has 1 aliphatic carbocycles. The molecule has 1 saturated carbocycles. The molecule has 19 heavy (non-hydrogen) atoms. The highest BCUT2D eigenvalue weighted by Gasteiger charge is 2.27. The predicted octanol–water partition coefficient (Wildman–Crippen LogP) is 2.43. The molecule has 1 heterocycles. The first-order chi connectivity index (χ1) is 9.33. The van der Waals surface area contributed by atoms with Gasteiger partial charge in [-0.15, -0.1) is 0 Å². The van der Waals surface area contributed by atoms with Crippen LogP contribution in [0.3, 0.4) is 0 Å². The zero-order valence-electron chi connectivity index (χ0n) is 11.3. The molecular weight excluding hydrogens is 236 g/mol. The van der Waals surface area contributed by atoms with Gasteiger partial charge in [0, 0.05) is 31.2 Å². The van der Waals surface area contributed by atoms with Gasteiger partial charge in [-0.25, -0.2) is 0 Å². The first kappa shape index (κ1) is 12.5. The van der Waals surface area contributed by atoms with E-state index in [0.717, 1.165) is 32.5 Å². The Hall–Kier alpha value is -1.51. The van der Waals surface area contributed by atoms with E-state index >= 15 is 0 Å². The smallest absolute Gasteiger partial charge is 0.223 e. The van der Waals surface area contributed by atoms with Crippen molar-refractivity contribution in [2.24, 2.45) is 11.8 Å². The molecule has 2 aliphatic rings. The Bertz CT molecular complexity index is 428. The zero-order chi connectivity index (χ0) is 13.1. The van der Waals surface area contributed by atoms with Crippen molar-refractivity contribution in [1.29, 1.82) is 0 Å². The van der Waals surface area contributed by atoms with Crippen molar-refractivity contribution in [2.75, 3.05) is 24.5 Å². The molecule has 1 saturated heterocycles. The number of anilines is 1. The number of carbonyl (C=O) groups is 1. The first-order valence-electron chi connectivity index (χ1n) is 7.40. The zero-order valence-corrected chi connectivity index (χ0v) is 11.3. The lowest BCUT2D eigenvalue weighted by atomic mass is 9.85. The van der Waals surface area contributed by atoms with Gasteiger partial charge in [0.2, 0.25) is 5.91 Å². The van der Waals surface area contributed by atoms with Crippen LogP contribution >= 0.6 is 0 Å². The molecule has 1 aromatic rings. The summed E-state index contributed by atoms with van der Waals surface area (Å²) < 4.78 is 0. The van der Waals surface area contributed by atoms with Gasteiger partial charge in [0.15, 0.2) is 0 Å². The molecule has 0 radical (unpaired) electrons. The fourth-order valence-corrected chi connectivity index (χ4v) is 2.93. The third-order valence-electron chi connectivity index (χ3n) is 4.45. The summed E-state index contributed by atoms with van der Waals surface area (Å²) in [6, 6.07) is 10.5. The highest BCUT2D eigenvalue weighted by atomic mass is 16.1. The van der Waals surface area contributed by atoms with E-state index in [4.69, 9.17) is 0 Å². The number of nitrogens with one attached hydrogen (secondary N) is 1. The van der Waals surface area contributed by atoms with E-state index in [0.29, 0.717) is 11.8 Å². The quantitative estimate of drug-likeness (QED) is 0.899. The van der Waals surface area contributed by atoms with E-state index in [2.05, 4.69) is 40.5 Å². The van der Waals surface area contributed by atoms with Crippen molar-refractivity contribution < 1.29 is 4.79 Å². The number of carbonyl (C=O) groups excluding carboxylic acids is 1. The van der Waals surface area contributed by atoms with Crippen molar-refractivity contribution >= 4 is 11.6 Å². The van der Waals surface area contributed by atoms with Crippen LogP contribution in [-0.4, -0.2) is 25.5 Å². The Kier molecular flexibility index (Phi) is 3.72. The Morgan fingerprint density at radius 2 is 2.00 bits per heavy atom. The van der Waals surface area contributed by atoms with E-state index in [9.17, 15) is 4.79 Å². The maximum atomic E-state index is 11.8. The number of benzene rings is 1. The summed E-state index contributed by atoms with van der Waals surface area (Å²) in [5, 5.41) is 3.13. The lowest BCUT2D eigenvalue weighted by Crippen LogP contribution is -2.37. The van der Waals surface area contributed by atoms with Crippen molar-refractivity contribution in [3.05, 3.63) is 30.3 Å². The molecule has 1 aromatic carbocycles. The Morgan fingerprint density at radius 1 is 1.21 bits per heavy atom. The molecule has 0 spiro atoms. The fraction of sp³-hybridized carbons (Fsp3) is 0.562. The largest absolute Gasteiger partial charge is 0.371 e. The van der Waals surface area contributed by atoms with E-state index in [1.807, 2.05) is 0 Å². The van der Waals surface area contributed by atoms with Crippen LogP contribution in [0.5, 0.6) is 0 Å². The summed E-state index contributed by atoms with van der Waals surface area (Å²) in [7, 11) is 0. The molecule has 1 amide bonds. The summed E-state index contributed by atoms with van der Waals surface area (Å²) in [6.07, 6.45) is 4.59. The topological polar surface area (TPSA) is 32.3 Å². The van der Waals surface area contributed by atoms with Gasteiger partial charge in [-0.2, -0.15) is 0 Å². The van der Waals surface area contributed by atoms with Crippen molar-refractivity contribution in [1.82, 2.24) is 5.32 Å². The van der Waals surface area contributed by atoms with Crippen LogP contribution in [0.4, 0.5) is 5.69 Å². The average molecular weight is 258 g/mol. The van der Waals surface area contributed by atoms with Gasteiger partial charge >= 0.3 is 0 Å². The number of nitrogens with zero attached hydrogens (tertiary/aromatic N) is 1. The molecule has 0 unspecified atom stereocenters. The lowest BCUT2D eigenvalue weighted by Gasteiger charge is -2.25. The summed E-state index contributed by atoms with van der Waals surface area (Å²) in [5.74, 6) is 1.19. The van der Waals surface area contributed by atoms with Gasteiger partial charge in [-0.3, -0.25) is 4.79 Å². The summed E-state index contributed by atoms with van der Waals surface area (Å²) in [6.45, 7) is 3.02. The Morgan fingerprint density at radius 3 is 2.68 bits per heavy atom. The Labute approximate surface area is 115 Å². The van der Waals surface area contributed by atoms with Crippen LogP contribution in [0.1, 0.15) is 25.7 Å². The normalized spacial score (nSPS) is 23.2. The van der Waals surface area contributed by atoms with E-state index in [1.54, 1.807) is 0 Å². The minimum atomic E-state index is 0.282. The molecule has 1 aliphatic heterocycles. The number of rotatable bonds is 4. The standard InChI is InChI=1S/C16H22N2O/c19-16(14-5-4-6-14)17-11-13-9-10-18(12-13)15-7-2-1-3-8-15/h1-3,7-8,13-14H,4-6,9-12H2,(H,17,19)/t13-/m0/s1. The summed E-state index contributed by atoms with van der Waals surface area (Å²) in [4.78, 5) is 14.2. The van der Waals surface area contributed by atoms with E-state index < -0.39 is 0 Å². The van der Waals surface area contributed by atoms with Gasteiger partial charge in [0.05, 0.1) is 0 Å². The molecule has 1 N–H and O–H groups in total. The SMILES string of the molecule is O=C(NC[C@@H]1CCN(c2ccccc2)C1)C1CCC1. The second kappa shape index (κ2) is 5.64. The molecular formula is C16H22N2O.